The second kappa shape index (κ2) is 4.57. The van der Waals surface area contributed by atoms with E-state index < -0.39 is 0 Å². The van der Waals surface area contributed by atoms with Crippen molar-refractivity contribution in [3.63, 3.8) is 0 Å². The van der Waals surface area contributed by atoms with E-state index in [0.717, 1.165) is 38.2 Å². The Morgan fingerprint density at radius 1 is 1.33 bits per heavy atom. The Bertz CT molecular complexity index is 493. The molecule has 1 aromatic heterocycles. The number of rotatable bonds is 2. The molecule has 2 rings (SSSR count). The number of nitriles is 1. The predicted molar refractivity (Wildman–Crippen MR) is 57.3 cm³/mol. The second-order valence-corrected chi connectivity index (χ2v) is 5.62. The third-order valence-electron chi connectivity index (χ3n) is 2.12. The fourth-order valence-corrected chi connectivity index (χ4v) is 2.31. The Morgan fingerprint density at radius 3 is 2.60 bits per heavy atom. The molecular formula is C11H8N3Tl. The van der Waals surface area contributed by atoms with Crippen molar-refractivity contribution in [1.29, 1.82) is 5.26 Å². The van der Waals surface area contributed by atoms with Gasteiger partial charge in [0.25, 0.3) is 0 Å². The number of hydrogen-bond acceptors (Lipinski definition) is 2. The number of aromatic nitrogens is 2. The molecule has 0 aliphatic rings. The van der Waals surface area contributed by atoms with Crippen molar-refractivity contribution >= 4 is 26.1 Å². The molecule has 0 unspecified atom stereocenters. The van der Waals surface area contributed by atoms with E-state index in [4.69, 9.17) is 5.26 Å². The van der Waals surface area contributed by atoms with Gasteiger partial charge >= 0.3 is 105 Å². The van der Waals surface area contributed by atoms with E-state index in [1.165, 1.54) is 5.56 Å². The topological polar surface area (TPSA) is 41.6 Å². The van der Waals surface area contributed by atoms with Gasteiger partial charge in [-0.15, -0.1) is 0 Å². The molecule has 0 saturated carbocycles. The summed E-state index contributed by atoms with van der Waals surface area (Å²) in [4.78, 5) is 4.29. The fraction of sp³-hybridized carbons (Fsp3) is 0.0909. The number of nitrogens with zero attached hydrogens (tertiary/aromatic N) is 3. The Morgan fingerprint density at radius 2 is 2.07 bits per heavy atom. The first kappa shape index (κ1) is 10.4. The van der Waals surface area contributed by atoms with Gasteiger partial charge in [-0.05, 0) is 0 Å². The van der Waals surface area contributed by atoms with Crippen LogP contribution < -0.4 is 0 Å². The molecule has 4 heteroatoms. The summed E-state index contributed by atoms with van der Waals surface area (Å²) in [5, 5.41) is 8.66. The molecule has 0 aliphatic carbocycles. The molecule has 1 heterocycles. The van der Waals surface area contributed by atoms with E-state index in [1.54, 1.807) is 0 Å². The van der Waals surface area contributed by atoms with Gasteiger partial charge < -0.3 is 0 Å². The van der Waals surface area contributed by atoms with Gasteiger partial charge in [-0.2, -0.15) is 0 Å². The average Bonchev–Trinajstić information content (AvgIpc) is 2.65. The van der Waals surface area contributed by atoms with Crippen molar-refractivity contribution in [3.8, 4) is 6.07 Å². The summed E-state index contributed by atoms with van der Waals surface area (Å²) in [7, 11) is 0. The van der Waals surface area contributed by atoms with E-state index in [9.17, 15) is 0 Å². The standard InChI is InChI=1S/C11H8N3.Tl/c12-6-10-3-1-9(2-4-10)5-11-7-13-8-14-11;/h1-4,7-8H,5H2;/q-1;+1. The average molecular weight is 387 g/mol. The van der Waals surface area contributed by atoms with Crippen molar-refractivity contribution < 1.29 is 0 Å². The van der Waals surface area contributed by atoms with Crippen LogP contribution in [0, 0.1) is 11.3 Å². The van der Waals surface area contributed by atoms with Crippen LogP contribution in [-0.2, 0) is 6.42 Å². The molecule has 0 aliphatic heterocycles. The van der Waals surface area contributed by atoms with Crippen LogP contribution in [0.4, 0.5) is 0 Å². The maximum absolute atomic E-state index is 8.66. The summed E-state index contributed by atoms with van der Waals surface area (Å²) < 4.78 is 2.10. The minimum atomic E-state index is 0.702. The Hall–Kier alpha value is -1.16. The molecule has 15 heavy (non-hydrogen) atoms. The molecule has 1 aromatic carbocycles. The van der Waals surface area contributed by atoms with Crippen LogP contribution in [0.15, 0.2) is 36.8 Å². The summed E-state index contributed by atoms with van der Waals surface area (Å²) in [5.74, 6) is 0. The van der Waals surface area contributed by atoms with Gasteiger partial charge in [0.1, 0.15) is 0 Å². The van der Waals surface area contributed by atoms with Gasteiger partial charge in [0, 0.05) is 0 Å². The first-order valence-corrected chi connectivity index (χ1v) is 6.55. The first-order chi connectivity index (χ1) is 7.28. The third-order valence-corrected chi connectivity index (χ3v) is 3.22. The van der Waals surface area contributed by atoms with Gasteiger partial charge in [0.05, 0.1) is 0 Å². The predicted octanol–water partition coefficient (Wildman–Crippen LogP) is 1.28. The van der Waals surface area contributed by atoms with Gasteiger partial charge in [0.2, 0.25) is 0 Å². The quantitative estimate of drug-likeness (QED) is 0.730. The zero-order chi connectivity index (χ0) is 10.7. The second-order valence-electron chi connectivity index (χ2n) is 3.30. The Labute approximate surface area is 104 Å². The van der Waals surface area contributed by atoms with Crippen LogP contribution in [0.5, 0.6) is 0 Å². The molecule has 0 saturated heterocycles. The number of hydrogen-bond donors (Lipinski definition) is 0. The van der Waals surface area contributed by atoms with E-state index in [-0.39, 0.29) is 0 Å². The van der Waals surface area contributed by atoms with Crippen molar-refractivity contribution in [2.24, 2.45) is 0 Å². The van der Waals surface area contributed by atoms with E-state index >= 15 is 0 Å². The molecule has 0 radical (unpaired) electrons. The first-order valence-electron chi connectivity index (χ1n) is 4.55. The van der Waals surface area contributed by atoms with E-state index in [0.29, 0.717) is 5.56 Å². The monoisotopic (exact) mass is 387 g/mol. The number of benzene rings is 1. The molecule has 0 atom stereocenters. The van der Waals surface area contributed by atoms with Crippen molar-refractivity contribution in [3.05, 3.63) is 53.6 Å². The maximum atomic E-state index is 8.66. The van der Waals surface area contributed by atoms with Crippen molar-refractivity contribution in [1.82, 2.24) is 7.36 Å². The molecule has 0 fully saturated rings. The van der Waals surface area contributed by atoms with Crippen LogP contribution in [-0.4, -0.2) is 33.4 Å². The van der Waals surface area contributed by atoms with Crippen molar-refractivity contribution in [2.45, 2.75) is 6.42 Å². The zero-order valence-corrected chi connectivity index (χ0v) is 12.6. The molecule has 70 valence electrons. The summed E-state index contributed by atoms with van der Waals surface area (Å²) in [6, 6.07) is 9.75. The summed E-state index contributed by atoms with van der Waals surface area (Å²) in [6.45, 7) is 0. The molecule has 0 N–H and O–H groups in total. The molecule has 3 nitrogen and oxygen atoms in total. The van der Waals surface area contributed by atoms with Crippen LogP contribution >= 0.6 is 0 Å². The Balaban J connectivity index is 2.15. The molecule has 0 bridgehead atoms. The third kappa shape index (κ3) is 2.66. The van der Waals surface area contributed by atoms with Crippen LogP contribution in [0.2, 0.25) is 0 Å². The molecular weight excluding hydrogens is 379 g/mol. The van der Waals surface area contributed by atoms with Crippen LogP contribution in [0.3, 0.4) is 0 Å². The van der Waals surface area contributed by atoms with E-state index in [2.05, 4.69) is 19.6 Å². The summed E-state index contributed by atoms with van der Waals surface area (Å²) in [5.41, 5.74) is 2.98. The fourth-order valence-electron chi connectivity index (χ4n) is 1.38. The van der Waals surface area contributed by atoms with Gasteiger partial charge in [0.15, 0.2) is 0 Å². The molecule has 2 aromatic rings. The van der Waals surface area contributed by atoms with Crippen molar-refractivity contribution in [2.75, 3.05) is 0 Å². The molecule has 0 amide bonds. The molecule has 0 spiro atoms. The SMILES string of the molecule is N#Cc1ccc(Cc2c[n]([Tl])cn2)cc1. The zero-order valence-electron chi connectivity index (χ0n) is 8.09. The van der Waals surface area contributed by atoms with Gasteiger partial charge in [-0.25, -0.2) is 0 Å². The van der Waals surface area contributed by atoms with Gasteiger partial charge in [-0.3, -0.25) is 0 Å². The minimum absolute atomic E-state index is 0.702. The van der Waals surface area contributed by atoms with Crippen LogP contribution in [0.1, 0.15) is 16.8 Å². The number of imidazole rings is 1. The van der Waals surface area contributed by atoms with E-state index in [1.807, 2.05) is 30.6 Å². The normalized spacial score (nSPS) is 9.73. The summed E-state index contributed by atoms with van der Waals surface area (Å²) >= 11 is 0.775. The van der Waals surface area contributed by atoms with Crippen LogP contribution in [0.25, 0.3) is 0 Å². The summed E-state index contributed by atoms with van der Waals surface area (Å²) in [6.07, 6.45) is 4.78. The Kier molecular flexibility index (Phi) is 3.16. The van der Waals surface area contributed by atoms with Gasteiger partial charge in [-0.1, -0.05) is 0 Å².